The van der Waals surface area contributed by atoms with E-state index < -0.39 is 0 Å². The fourth-order valence-corrected chi connectivity index (χ4v) is 8.83. The fourth-order valence-electron chi connectivity index (χ4n) is 6.61. The van der Waals surface area contributed by atoms with Gasteiger partial charge in [0.1, 0.15) is 10.6 Å². The highest BCUT2D eigenvalue weighted by atomic mass is 32.2. The number of aromatic nitrogens is 2. The van der Waals surface area contributed by atoms with Gasteiger partial charge < -0.3 is 4.74 Å². The molecule has 1 fully saturated rings. The Balaban J connectivity index is 1.21. The van der Waals surface area contributed by atoms with Crippen LogP contribution in [0.2, 0.25) is 0 Å². The number of aryl methyl sites for hydroxylation is 2. The number of nitrogens with zero attached hydrogens (tertiary/aromatic N) is 4. The summed E-state index contributed by atoms with van der Waals surface area (Å²) in [5.74, 6) is 0.842. The van der Waals surface area contributed by atoms with Crippen LogP contribution >= 0.6 is 23.1 Å². The molecule has 1 saturated carbocycles. The number of ether oxygens (including phenoxy) is 1. The zero-order valence-electron chi connectivity index (χ0n) is 23.8. The smallest absolute Gasteiger partial charge is 0.263 e. The number of thiophene rings is 1. The molecule has 2 aromatic heterocycles. The number of hydrogen-bond acceptors (Lipinski definition) is 7. The maximum Gasteiger partial charge on any atom is 0.263 e. The van der Waals surface area contributed by atoms with Crippen molar-refractivity contribution in [2.24, 2.45) is 5.10 Å². The molecule has 0 spiro atoms. The Morgan fingerprint density at radius 1 is 1.02 bits per heavy atom. The minimum atomic E-state index is -0.212. The molecule has 0 radical (unpaired) electrons. The second-order valence-electron chi connectivity index (χ2n) is 11.3. The Morgan fingerprint density at radius 2 is 1.79 bits per heavy atom. The lowest BCUT2D eigenvalue weighted by Crippen LogP contribution is -2.30. The molecule has 7 nitrogen and oxygen atoms in total. The first-order valence-corrected chi connectivity index (χ1v) is 16.7. The Hall–Kier alpha value is -3.43. The zero-order chi connectivity index (χ0) is 28.6. The third-order valence-corrected chi connectivity index (χ3v) is 10.9. The van der Waals surface area contributed by atoms with Crippen LogP contribution in [0.25, 0.3) is 10.2 Å². The summed E-state index contributed by atoms with van der Waals surface area (Å²) in [7, 11) is 1.65. The predicted octanol–water partition coefficient (Wildman–Crippen LogP) is 6.93. The van der Waals surface area contributed by atoms with Gasteiger partial charge in [-0.1, -0.05) is 67.1 Å². The molecule has 1 amide bonds. The van der Waals surface area contributed by atoms with Crippen LogP contribution in [-0.2, 0) is 17.6 Å². The molecule has 0 saturated heterocycles. The number of carbonyl (C=O) groups excluding carboxylic acids is 1. The summed E-state index contributed by atoms with van der Waals surface area (Å²) in [4.78, 5) is 35.2. The number of methoxy groups -OCH3 is 1. The number of benzene rings is 2. The molecule has 216 valence electrons. The van der Waals surface area contributed by atoms with Gasteiger partial charge in [0.15, 0.2) is 5.16 Å². The molecule has 1 aliphatic heterocycles. The van der Waals surface area contributed by atoms with Gasteiger partial charge in [-0.3, -0.25) is 14.2 Å². The van der Waals surface area contributed by atoms with E-state index in [1.165, 1.54) is 28.6 Å². The Labute approximate surface area is 253 Å². The van der Waals surface area contributed by atoms with Gasteiger partial charge in [-0.15, -0.1) is 11.3 Å². The van der Waals surface area contributed by atoms with E-state index in [-0.39, 0.29) is 29.3 Å². The lowest BCUT2D eigenvalue weighted by Gasteiger charge is -2.23. The molecule has 2 aromatic carbocycles. The van der Waals surface area contributed by atoms with Gasteiger partial charge in [-0.25, -0.2) is 9.99 Å². The quantitative estimate of drug-likeness (QED) is 0.170. The third-order valence-electron chi connectivity index (χ3n) is 8.78. The van der Waals surface area contributed by atoms with Gasteiger partial charge >= 0.3 is 0 Å². The van der Waals surface area contributed by atoms with Crippen molar-refractivity contribution in [3.05, 3.63) is 86.5 Å². The molecule has 42 heavy (non-hydrogen) atoms. The van der Waals surface area contributed by atoms with Gasteiger partial charge in [0.05, 0.1) is 30.0 Å². The van der Waals surface area contributed by atoms with E-state index in [9.17, 15) is 9.59 Å². The first-order chi connectivity index (χ1) is 20.6. The third kappa shape index (κ3) is 5.07. The van der Waals surface area contributed by atoms with Crippen molar-refractivity contribution in [1.82, 2.24) is 14.6 Å². The molecule has 3 heterocycles. The van der Waals surface area contributed by atoms with Crippen molar-refractivity contribution in [3.63, 3.8) is 0 Å². The number of carbonyl (C=O) groups is 1. The van der Waals surface area contributed by atoms with E-state index >= 15 is 0 Å². The maximum absolute atomic E-state index is 14.0. The van der Waals surface area contributed by atoms with Crippen LogP contribution in [-0.4, -0.2) is 39.0 Å². The summed E-state index contributed by atoms with van der Waals surface area (Å²) in [6.07, 6.45) is 9.13. The highest BCUT2D eigenvalue weighted by molar-refractivity contribution is 7.99. The van der Waals surface area contributed by atoms with Crippen LogP contribution in [0.5, 0.6) is 5.75 Å². The molecule has 7 rings (SSSR count). The van der Waals surface area contributed by atoms with Gasteiger partial charge in [-0.2, -0.15) is 5.10 Å². The van der Waals surface area contributed by atoms with E-state index in [0.29, 0.717) is 11.6 Å². The SMILES string of the molecule is COc1ccc([C@H]2CC(c3ccccc3)=NN2C(=O)CSc2nc3sc4c(c3c(=O)n2C2CCCC2)CCCC4)cc1. The topological polar surface area (TPSA) is 76.8 Å². The second kappa shape index (κ2) is 11.7. The van der Waals surface area contributed by atoms with E-state index in [2.05, 4.69) is 0 Å². The number of hydrogen-bond donors (Lipinski definition) is 0. The second-order valence-corrected chi connectivity index (χ2v) is 13.4. The molecule has 3 aliphatic rings. The largest absolute Gasteiger partial charge is 0.497 e. The molecule has 0 N–H and O–H groups in total. The van der Waals surface area contributed by atoms with Crippen LogP contribution in [0.3, 0.4) is 0 Å². The highest BCUT2D eigenvalue weighted by Crippen LogP contribution is 2.38. The summed E-state index contributed by atoms with van der Waals surface area (Å²) in [6.45, 7) is 0. The molecule has 2 aliphatic carbocycles. The van der Waals surface area contributed by atoms with Crippen LogP contribution in [0.1, 0.15) is 78.6 Å². The lowest BCUT2D eigenvalue weighted by atomic mass is 9.97. The van der Waals surface area contributed by atoms with Gasteiger partial charge in [0.2, 0.25) is 0 Å². The summed E-state index contributed by atoms with van der Waals surface area (Å²) in [5.41, 5.74) is 4.22. The number of hydrazone groups is 1. The average molecular weight is 599 g/mol. The Bertz CT molecular complexity index is 1710. The van der Waals surface area contributed by atoms with E-state index in [1.54, 1.807) is 23.5 Å². The monoisotopic (exact) mass is 598 g/mol. The van der Waals surface area contributed by atoms with Crippen LogP contribution in [0.4, 0.5) is 0 Å². The van der Waals surface area contributed by atoms with Crippen LogP contribution in [0.15, 0.2) is 69.6 Å². The zero-order valence-corrected chi connectivity index (χ0v) is 25.4. The first kappa shape index (κ1) is 27.4. The number of rotatable bonds is 7. The van der Waals surface area contributed by atoms with Crippen LogP contribution < -0.4 is 10.3 Å². The minimum Gasteiger partial charge on any atom is -0.497 e. The van der Waals surface area contributed by atoms with Crippen molar-refractivity contribution in [1.29, 1.82) is 0 Å². The maximum atomic E-state index is 14.0. The van der Waals surface area contributed by atoms with Crippen molar-refractivity contribution in [2.45, 2.75) is 75.0 Å². The number of thioether (sulfide) groups is 1. The molecule has 0 bridgehead atoms. The molecule has 0 unspecified atom stereocenters. The summed E-state index contributed by atoms with van der Waals surface area (Å²) < 4.78 is 7.29. The highest BCUT2D eigenvalue weighted by Gasteiger charge is 2.34. The fraction of sp³-hybridized carbons (Fsp3) is 0.394. The minimum absolute atomic E-state index is 0.0860. The molecular weight excluding hydrogens is 565 g/mol. The van der Waals surface area contributed by atoms with E-state index in [1.807, 2.05) is 59.2 Å². The Morgan fingerprint density at radius 3 is 2.55 bits per heavy atom. The van der Waals surface area contributed by atoms with Gasteiger partial charge in [-0.05, 0) is 67.3 Å². The van der Waals surface area contributed by atoms with E-state index in [4.69, 9.17) is 14.8 Å². The molecular formula is C33H34N4O3S2. The van der Waals surface area contributed by atoms with Gasteiger partial charge in [0, 0.05) is 17.3 Å². The summed E-state index contributed by atoms with van der Waals surface area (Å²) in [6, 6.07) is 17.8. The van der Waals surface area contributed by atoms with Crippen LogP contribution in [0, 0.1) is 0 Å². The number of fused-ring (bicyclic) bond motifs is 3. The van der Waals surface area contributed by atoms with Crippen molar-refractivity contribution < 1.29 is 9.53 Å². The van der Waals surface area contributed by atoms with Crippen molar-refractivity contribution in [3.8, 4) is 5.75 Å². The Kier molecular flexibility index (Phi) is 7.63. The van der Waals surface area contributed by atoms with E-state index in [0.717, 1.165) is 77.8 Å². The number of amides is 1. The van der Waals surface area contributed by atoms with Gasteiger partial charge in [0.25, 0.3) is 11.5 Å². The standard InChI is InChI=1S/C33H34N4O3S2/c1-40-24-17-15-22(16-18-24)27-19-26(21-9-3-2-4-10-21)35-37(27)29(38)20-41-33-34-31-30(25-13-7-8-14-28(25)42-31)32(39)36(33)23-11-5-6-12-23/h2-4,9-10,15-18,23,27H,5-8,11-14,19-20H2,1H3/t27-/m1/s1. The first-order valence-electron chi connectivity index (χ1n) is 14.9. The molecule has 9 heteroatoms. The molecule has 4 aromatic rings. The normalized spacial score (nSPS) is 18.8. The summed E-state index contributed by atoms with van der Waals surface area (Å²) in [5, 5.41) is 7.98. The van der Waals surface area contributed by atoms with Crippen molar-refractivity contribution in [2.75, 3.05) is 12.9 Å². The average Bonchev–Trinajstić information content (AvgIpc) is 3.79. The van der Waals surface area contributed by atoms with Crippen molar-refractivity contribution >= 4 is 44.9 Å². The lowest BCUT2D eigenvalue weighted by molar-refractivity contribution is -0.130. The predicted molar refractivity (Wildman–Crippen MR) is 169 cm³/mol. The summed E-state index contributed by atoms with van der Waals surface area (Å²) >= 11 is 3.05. The molecule has 1 atom stereocenters.